The third-order valence-corrected chi connectivity index (χ3v) is 7.41. The van der Waals surface area contributed by atoms with Crippen LogP contribution in [0.5, 0.6) is 0 Å². The van der Waals surface area contributed by atoms with Gasteiger partial charge in [-0.1, -0.05) is 46.4 Å². The summed E-state index contributed by atoms with van der Waals surface area (Å²) < 4.78 is 28.9. The van der Waals surface area contributed by atoms with Crippen LogP contribution in [0, 0.1) is 0 Å². The van der Waals surface area contributed by atoms with E-state index >= 15 is 0 Å². The molecule has 0 fully saturated rings. The predicted octanol–water partition coefficient (Wildman–Crippen LogP) is 5.35. The topological polar surface area (TPSA) is 64.0 Å². The average Bonchev–Trinajstić information content (AvgIpc) is 3.04. The summed E-state index contributed by atoms with van der Waals surface area (Å²) in [6.45, 7) is 0. The summed E-state index contributed by atoms with van der Waals surface area (Å²) in [6, 6.07) is 7.84. The lowest BCUT2D eigenvalue weighted by Crippen LogP contribution is -2.11. The largest absolute Gasteiger partial charge is 0.288 e. The second-order valence-corrected chi connectivity index (χ2v) is 9.22. The van der Waals surface area contributed by atoms with Crippen LogP contribution in [0.25, 0.3) is 5.69 Å². The molecule has 0 aliphatic heterocycles. The highest BCUT2D eigenvalue weighted by molar-refractivity contribution is 7.94. The van der Waals surface area contributed by atoms with Gasteiger partial charge >= 0.3 is 0 Å². The number of nitrogens with one attached hydrogen (secondary N) is 1. The molecule has 1 aromatic carbocycles. The minimum atomic E-state index is -3.76. The van der Waals surface area contributed by atoms with Crippen LogP contribution in [0.15, 0.2) is 40.9 Å². The molecule has 3 aromatic rings. The molecule has 0 radical (unpaired) electrons. The summed E-state index contributed by atoms with van der Waals surface area (Å²) in [6.07, 6.45) is 1.47. The molecule has 0 saturated heterocycles. The molecular formula is C13H7Cl4N3O2S2. The smallest absolute Gasteiger partial charge is 0.271 e. The zero-order valence-electron chi connectivity index (χ0n) is 11.5. The summed E-state index contributed by atoms with van der Waals surface area (Å²) >= 11 is 24.3. The summed E-state index contributed by atoms with van der Waals surface area (Å²) in [7, 11) is -3.76. The van der Waals surface area contributed by atoms with Crippen molar-refractivity contribution in [1.82, 2.24) is 9.55 Å². The molecule has 3 rings (SSSR count). The number of thiophene rings is 1. The van der Waals surface area contributed by atoms with Gasteiger partial charge in [-0.3, -0.25) is 9.29 Å². The average molecular weight is 443 g/mol. The van der Waals surface area contributed by atoms with Crippen LogP contribution in [0.3, 0.4) is 0 Å². The van der Waals surface area contributed by atoms with Crippen molar-refractivity contribution in [1.29, 1.82) is 0 Å². The lowest BCUT2D eigenvalue weighted by Gasteiger charge is -2.08. The Kier molecular flexibility index (Phi) is 5.01. The Bertz CT molecular complexity index is 977. The number of benzene rings is 1. The van der Waals surface area contributed by atoms with Crippen LogP contribution in [0.2, 0.25) is 19.7 Å². The van der Waals surface area contributed by atoms with Gasteiger partial charge in [-0.2, -0.15) is 0 Å². The van der Waals surface area contributed by atoms with Crippen molar-refractivity contribution in [2.24, 2.45) is 0 Å². The fourth-order valence-electron chi connectivity index (χ4n) is 1.85. The van der Waals surface area contributed by atoms with Crippen molar-refractivity contribution in [3.63, 3.8) is 0 Å². The molecule has 2 heterocycles. The maximum absolute atomic E-state index is 12.3. The second kappa shape index (κ2) is 6.74. The standard InChI is InChI=1S/C13H7Cl4N3O2S2/c14-9-5-10(23-13(9)17)24(21,22)19-7-1-3-8(4-2-7)20-6-18-11(15)12(20)16/h1-6,19H. The Morgan fingerprint density at radius 2 is 1.75 bits per heavy atom. The maximum Gasteiger partial charge on any atom is 0.271 e. The van der Waals surface area contributed by atoms with Crippen LogP contribution in [0.1, 0.15) is 0 Å². The van der Waals surface area contributed by atoms with Gasteiger partial charge in [0, 0.05) is 11.4 Å². The normalized spacial score (nSPS) is 11.7. The van der Waals surface area contributed by atoms with Crippen molar-refractivity contribution in [2.45, 2.75) is 4.21 Å². The van der Waals surface area contributed by atoms with E-state index in [0.717, 1.165) is 11.3 Å². The van der Waals surface area contributed by atoms with E-state index in [1.807, 2.05) is 0 Å². The molecule has 5 nitrogen and oxygen atoms in total. The van der Waals surface area contributed by atoms with Crippen LogP contribution >= 0.6 is 57.7 Å². The first-order valence-corrected chi connectivity index (χ1v) is 10.1. The highest BCUT2D eigenvalue weighted by atomic mass is 35.5. The number of sulfonamides is 1. The highest BCUT2D eigenvalue weighted by Crippen LogP contribution is 2.35. The molecule has 1 N–H and O–H groups in total. The lowest BCUT2D eigenvalue weighted by molar-refractivity contribution is 0.603. The van der Waals surface area contributed by atoms with Crippen molar-refractivity contribution >= 4 is 73.5 Å². The molecule has 2 aromatic heterocycles. The van der Waals surface area contributed by atoms with E-state index in [1.165, 1.54) is 12.4 Å². The van der Waals surface area contributed by atoms with E-state index in [9.17, 15) is 8.42 Å². The van der Waals surface area contributed by atoms with E-state index in [4.69, 9.17) is 46.4 Å². The van der Waals surface area contributed by atoms with Gasteiger partial charge in [0.15, 0.2) is 10.3 Å². The minimum absolute atomic E-state index is 0.0333. The molecule has 0 atom stereocenters. The molecule has 0 amide bonds. The highest BCUT2D eigenvalue weighted by Gasteiger charge is 2.19. The molecule has 0 saturated carbocycles. The molecule has 0 aliphatic rings. The number of halogens is 4. The van der Waals surface area contributed by atoms with E-state index < -0.39 is 10.0 Å². The van der Waals surface area contributed by atoms with E-state index in [2.05, 4.69) is 9.71 Å². The van der Waals surface area contributed by atoms with Gasteiger partial charge in [-0.05, 0) is 30.3 Å². The predicted molar refractivity (Wildman–Crippen MR) is 98.7 cm³/mol. The number of nitrogens with zero attached hydrogens (tertiary/aromatic N) is 2. The molecular weight excluding hydrogens is 436 g/mol. The van der Waals surface area contributed by atoms with E-state index in [1.54, 1.807) is 28.8 Å². The summed E-state index contributed by atoms with van der Waals surface area (Å²) in [5.41, 5.74) is 1.06. The Labute approximate surface area is 161 Å². The van der Waals surface area contributed by atoms with E-state index in [0.29, 0.717) is 11.4 Å². The summed E-state index contributed by atoms with van der Waals surface area (Å²) in [4.78, 5) is 3.89. The SMILES string of the molecule is O=S(=O)(Nc1ccc(-n2cnc(Cl)c2Cl)cc1)c1cc(Cl)c(Cl)s1. The summed E-state index contributed by atoms with van der Waals surface area (Å²) in [5.74, 6) is 0. The Hall–Kier alpha value is -0.960. The number of hydrogen-bond acceptors (Lipinski definition) is 4. The Morgan fingerprint density at radius 1 is 1.08 bits per heavy atom. The first-order valence-electron chi connectivity index (χ1n) is 6.24. The first kappa shape index (κ1) is 17.8. The van der Waals surface area contributed by atoms with Gasteiger partial charge in [-0.25, -0.2) is 13.4 Å². The number of hydrogen-bond donors (Lipinski definition) is 1. The van der Waals surface area contributed by atoms with Gasteiger partial charge in [0.25, 0.3) is 10.0 Å². The molecule has 126 valence electrons. The monoisotopic (exact) mass is 441 g/mol. The van der Waals surface area contributed by atoms with Gasteiger partial charge in [-0.15, -0.1) is 11.3 Å². The van der Waals surface area contributed by atoms with Crippen LogP contribution < -0.4 is 4.72 Å². The van der Waals surface area contributed by atoms with Crippen molar-refractivity contribution in [2.75, 3.05) is 4.72 Å². The number of imidazole rings is 1. The molecule has 0 unspecified atom stereocenters. The van der Waals surface area contributed by atoms with Crippen LogP contribution in [-0.4, -0.2) is 18.0 Å². The number of aromatic nitrogens is 2. The van der Waals surface area contributed by atoms with Crippen molar-refractivity contribution in [3.05, 3.63) is 56.3 Å². The van der Waals surface area contributed by atoms with Crippen molar-refractivity contribution in [3.8, 4) is 5.69 Å². The van der Waals surface area contributed by atoms with Crippen LogP contribution in [0.4, 0.5) is 5.69 Å². The van der Waals surface area contributed by atoms with E-state index in [-0.39, 0.29) is 23.9 Å². The summed E-state index contributed by atoms with van der Waals surface area (Å²) in [5, 5.41) is 0.657. The van der Waals surface area contributed by atoms with Gasteiger partial charge < -0.3 is 0 Å². The zero-order valence-corrected chi connectivity index (χ0v) is 16.2. The molecule has 0 spiro atoms. The van der Waals surface area contributed by atoms with Gasteiger partial charge in [0.2, 0.25) is 0 Å². The fourth-order valence-corrected chi connectivity index (χ4v) is 5.11. The van der Waals surface area contributed by atoms with Crippen LogP contribution in [-0.2, 0) is 10.0 Å². The minimum Gasteiger partial charge on any atom is -0.288 e. The third kappa shape index (κ3) is 3.51. The third-order valence-electron chi connectivity index (χ3n) is 2.95. The quantitative estimate of drug-likeness (QED) is 0.592. The second-order valence-electron chi connectivity index (χ2n) is 4.54. The first-order chi connectivity index (χ1) is 11.3. The molecule has 0 aliphatic carbocycles. The van der Waals surface area contributed by atoms with Gasteiger partial charge in [0.05, 0.1) is 5.02 Å². The Balaban J connectivity index is 1.85. The fraction of sp³-hybridized carbons (Fsp3) is 0. The lowest BCUT2D eigenvalue weighted by atomic mass is 10.3. The zero-order chi connectivity index (χ0) is 17.5. The maximum atomic E-state index is 12.3. The van der Waals surface area contributed by atoms with Crippen molar-refractivity contribution < 1.29 is 8.42 Å². The molecule has 0 bridgehead atoms. The Morgan fingerprint density at radius 3 is 2.25 bits per heavy atom. The molecule has 11 heteroatoms. The number of anilines is 1. The molecule has 24 heavy (non-hydrogen) atoms. The van der Waals surface area contributed by atoms with Gasteiger partial charge in [0.1, 0.15) is 14.9 Å². The number of rotatable bonds is 4.